The van der Waals surface area contributed by atoms with E-state index in [1.165, 1.54) is 0 Å². The highest BCUT2D eigenvalue weighted by molar-refractivity contribution is 6.04. The third kappa shape index (κ3) is 3.65. The number of nitroso groups, excluding NO2 is 1. The molecule has 1 aliphatic heterocycles. The van der Waals surface area contributed by atoms with Crippen molar-refractivity contribution in [3.63, 3.8) is 0 Å². The number of benzene rings is 1. The van der Waals surface area contributed by atoms with E-state index in [1.54, 1.807) is 6.07 Å². The molecule has 94 valence electrons. The van der Waals surface area contributed by atoms with Crippen molar-refractivity contribution in [3.05, 3.63) is 34.7 Å². The molecule has 0 bridgehead atoms. The van der Waals surface area contributed by atoms with Crippen LogP contribution in [-0.2, 0) is 6.42 Å². The van der Waals surface area contributed by atoms with Crippen LogP contribution in [0.25, 0.3) is 0 Å². The van der Waals surface area contributed by atoms with Crippen LogP contribution in [0.15, 0.2) is 29.4 Å². The Morgan fingerprint density at radius 2 is 2.06 bits per heavy atom. The summed E-state index contributed by atoms with van der Waals surface area (Å²) in [5.74, 6) is 0. The zero-order chi connectivity index (χ0) is 12.8. The first kappa shape index (κ1) is 13.2. The maximum absolute atomic E-state index is 10.6. The minimum absolute atomic E-state index is 0.543. The van der Waals surface area contributed by atoms with Crippen molar-refractivity contribution < 1.29 is 0 Å². The number of piperidine rings is 1. The van der Waals surface area contributed by atoms with Crippen molar-refractivity contribution in [2.24, 2.45) is 5.18 Å². The van der Waals surface area contributed by atoms with Crippen LogP contribution in [0.2, 0.25) is 0 Å². The summed E-state index contributed by atoms with van der Waals surface area (Å²) < 4.78 is 0. The van der Waals surface area contributed by atoms with Crippen molar-refractivity contribution in [1.29, 1.82) is 0 Å². The number of hydrogen-bond donors (Lipinski definition) is 1. The second-order valence-electron chi connectivity index (χ2n) is 4.73. The molecule has 1 aliphatic rings. The highest BCUT2D eigenvalue weighted by Crippen LogP contribution is 2.18. The van der Waals surface area contributed by atoms with Gasteiger partial charge in [0.1, 0.15) is 5.69 Å². The Kier molecular flexibility index (Phi) is 4.90. The second kappa shape index (κ2) is 6.66. The predicted molar refractivity (Wildman–Crippen MR) is 74.0 cm³/mol. The van der Waals surface area contributed by atoms with Gasteiger partial charge in [-0.05, 0) is 55.7 Å². The summed E-state index contributed by atoms with van der Waals surface area (Å²) in [5.41, 5.74) is 1.56. The van der Waals surface area contributed by atoms with Crippen LogP contribution in [0.1, 0.15) is 18.4 Å². The van der Waals surface area contributed by atoms with Gasteiger partial charge in [-0.15, -0.1) is 4.91 Å². The minimum atomic E-state index is 0.543. The number of nitrogens with one attached hydrogen (secondary N) is 1. The molecular formula is C13H18BN3O. The SMILES string of the molecule is [B]N1CCC(NCCc2ccccc2N=O)CC1. The fourth-order valence-electron chi connectivity index (χ4n) is 2.33. The van der Waals surface area contributed by atoms with Crippen LogP contribution in [0.5, 0.6) is 0 Å². The Balaban J connectivity index is 1.76. The zero-order valence-electron chi connectivity index (χ0n) is 10.5. The average molecular weight is 243 g/mol. The second-order valence-corrected chi connectivity index (χ2v) is 4.73. The van der Waals surface area contributed by atoms with Crippen LogP contribution in [0.3, 0.4) is 0 Å². The van der Waals surface area contributed by atoms with Crippen LogP contribution in [-0.4, -0.2) is 38.5 Å². The molecule has 2 radical (unpaired) electrons. The highest BCUT2D eigenvalue weighted by atomic mass is 16.3. The first-order chi connectivity index (χ1) is 8.79. The minimum Gasteiger partial charge on any atom is -0.353 e. The van der Waals surface area contributed by atoms with E-state index in [4.69, 9.17) is 7.98 Å². The van der Waals surface area contributed by atoms with Crippen molar-refractivity contribution in [3.8, 4) is 0 Å². The molecule has 0 aromatic heterocycles. The van der Waals surface area contributed by atoms with E-state index in [1.807, 2.05) is 23.0 Å². The van der Waals surface area contributed by atoms with E-state index in [0.29, 0.717) is 11.7 Å². The molecular weight excluding hydrogens is 225 g/mol. The topological polar surface area (TPSA) is 44.7 Å². The number of hydrogen-bond acceptors (Lipinski definition) is 4. The van der Waals surface area contributed by atoms with Gasteiger partial charge >= 0.3 is 0 Å². The molecule has 1 heterocycles. The lowest BCUT2D eigenvalue weighted by Crippen LogP contribution is -2.42. The van der Waals surface area contributed by atoms with Gasteiger partial charge in [0.05, 0.1) is 0 Å². The molecule has 0 unspecified atom stereocenters. The molecule has 5 heteroatoms. The third-order valence-electron chi connectivity index (χ3n) is 3.45. The van der Waals surface area contributed by atoms with Crippen LogP contribution in [0, 0.1) is 4.91 Å². The molecule has 0 amide bonds. The summed E-state index contributed by atoms with van der Waals surface area (Å²) in [6.07, 6.45) is 3.01. The maximum atomic E-state index is 10.6. The monoisotopic (exact) mass is 243 g/mol. The van der Waals surface area contributed by atoms with Gasteiger partial charge in [0, 0.05) is 6.04 Å². The molecule has 0 aliphatic carbocycles. The van der Waals surface area contributed by atoms with E-state index in [0.717, 1.165) is 44.5 Å². The van der Waals surface area contributed by atoms with E-state index >= 15 is 0 Å². The lowest BCUT2D eigenvalue weighted by atomic mass is 10.0. The van der Waals surface area contributed by atoms with Gasteiger partial charge in [-0.25, -0.2) is 0 Å². The first-order valence-corrected chi connectivity index (χ1v) is 6.44. The summed E-state index contributed by atoms with van der Waals surface area (Å²) >= 11 is 0. The Bertz CT molecular complexity index is 392. The smallest absolute Gasteiger partial charge is 0.182 e. The lowest BCUT2D eigenvalue weighted by Gasteiger charge is -2.30. The summed E-state index contributed by atoms with van der Waals surface area (Å²) in [4.78, 5) is 12.5. The highest BCUT2D eigenvalue weighted by Gasteiger charge is 2.15. The molecule has 0 spiro atoms. The van der Waals surface area contributed by atoms with E-state index in [2.05, 4.69) is 10.5 Å². The average Bonchev–Trinajstić information content (AvgIpc) is 2.41. The molecule has 4 nitrogen and oxygen atoms in total. The maximum Gasteiger partial charge on any atom is 0.182 e. The van der Waals surface area contributed by atoms with Crippen molar-refractivity contribution in [2.75, 3.05) is 19.6 Å². The van der Waals surface area contributed by atoms with Crippen LogP contribution < -0.4 is 5.32 Å². The lowest BCUT2D eigenvalue weighted by molar-refractivity contribution is 0.300. The fourth-order valence-corrected chi connectivity index (χ4v) is 2.33. The Morgan fingerprint density at radius 3 is 2.78 bits per heavy atom. The zero-order valence-corrected chi connectivity index (χ0v) is 10.5. The molecule has 1 aromatic carbocycles. The molecule has 1 saturated heterocycles. The fraction of sp³-hybridized carbons (Fsp3) is 0.538. The summed E-state index contributed by atoms with van der Waals surface area (Å²) in [7, 11) is 5.71. The molecule has 1 fully saturated rings. The summed E-state index contributed by atoms with van der Waals surface area (Å²) in [6, 6.07) is 8.04. The van der Waals surface area contributed by atoms with Gasteiger partial charge in [-0.2, -0.15) is 0 Å². The van der Waals surface area contributed by atoms with Crippen molar-refractivity contribution >= 4 is 13.7 Å². The van der Waals surface area contributed by atoms with Gasteiger partial charge in [0.25, 0.3) is 0 Å². The Labute approximate surface area is 109 Å². The van der Waals surface area contributed by atoms with E-state index < -0.39 is 0 Å². The molecule has 1 N–H and O–H groups in total. The summed E-state index contributed by atoms with van der Waals surface area (Å²) in [5, 5.41) is 6.56. The molecule has 0 atom stereocenters. The van der Waals surface area contributed by atoms with Gasteiger partial charge in [-0.1, -0.05) is 18.2 Å². The van der Waals surface area contributed by atoms with Crippen LogP contribution >= 0.6 is 0 Å². The third-order valence-corrected chi connectivity index (χ3v) is 3.45. The summed E-state index contributed by atoms with van der Waals surface area (Å²) in [6.45, 7) is 2.77. The normalized spacial score (nSPS) is 17.8. The molecule has 0 saturated carbocycles. The predicted octanol–water partition coefficient (Wildman–Crippen LogP) is 1.76. The van der Waals surface area contributed by atoms with Crippen molar-refractivity contribution in [2.45, 2.75) is 25.3 Å². The Morgan fingerprint density at radius 1 is 1.33 bits per heavy atom. The van der Waals surface area contributed by atoms with E-state index in [-0.39, 0.29) is 0 Å². The number of nitrogens with zero attached hydrogens (tertiary/aromatic N) is 2. The Hall–Kier alpha value is -1.20. The quantitative estimate of drug-likeness (QED) is 0.633. The molecule has 18 heavy (non-hydrogen) atoms. The standard InChI is InChI=1S/C13H18BN3O/c14-17-9-6-12(7-10-17)15-8-5-11-3-1-2-4-13(11)16-18/h1-4,12,15H,5-10H2. The van der Waals surface area contributed by atoms with Gasteiger partial charge in [0.2, 0.25) is 0 Å². The van der Waals surface area contributed by atoms with Gasteiger partial charge < -0.3 is 10.1 Å². The van der Waals surface area contributed by atoms with Crippen LogP contribution in [0.4, 0.5) is 5.69 Å². The first-order valence-electron chi connectivity index (χ1n) is 6.44. The van der Waals surface area contributed by atoms with Crippen molar-refractivity contribution in [1.82, 2.24) is 10.1 Å². The molecule has 2 rings (SSSR count). The number of rotatable bonds is 5. The van der Waals surface area contributed by atoms with E-state index in [9.17, 15) is 4.91 Å². The van der Waals surface area contributed by atoms with Gasteiger partial charge in [-0.3, -0.25) is 0 Å². The largest absolute Gasteiger partial charge is 0.353 e. The van der Waals surface area contributed by atoms with Gasteiger partial charge in [0.15, 0.2) is 7.98 Å². The molecule has 1 aromatic rings.